The van der Waals surface area contributed by atoms with E-state index in [0.29, 0.717) is 35.1 Å². The summed E-state index contributed by atoms with van der Waals surface area (Å²) < 4.78 is 6.55. The van der Waals surface area contributed by atoms with Gasteiger partial charge in [-0.2, -0.15) is 9.78 Å². The summed E-state index contributed by atoms with van der Waals surface area (Å²) in [7, 11) is 1.58. The van der Waals surface area contributed by atoms with Crippen molar-refractivity contribution < 1.29 is 14.3 Å². The fourth-order valence-electron chi connectivity index (χ4n) is 3.65. The highest BCUT2D eigenvalue weighted by atomic mass is 16.5. The average molecular weight is 436 g/mol. The van der Waals surface area contributed by atoms with E-state index in [9.17, 15) is 14.4 Å². The van der Waals surface area contributed by atoms with Gasteiger partial charge in [0.05, 0.1) is 18.7 Å². The summed E-state index contributed by atoms with van der Waals surface area (Å²) in [5.41, 5.74) is 1.68. The van der Waals surface area contributed by atoms with Crippen LogP contribution >= 0.6 is 0 Å². The first-order valence-corrected chi connectivity index (χ1v) is 10.3. The number of H-pyrrole nitrogens is 1. The van der Waals surface area contributed by atoms with Gasteiger partial charge in [-0.15, -0.1) is 0 Å². The quantitative estimate of drug-likeness (QED) is 0.608. The minimum atomic E-state index is -0.526. The number of nitrogens with one attached hydrogen (secondary N) is 2. The Morgan fingerprint density at radius 1 is 1.25 bits per heavy atom. The molecule has 2 N–H and O–H groups in total. The van der Waals surface area contributed by atoms with E-state index in [4.69, 9.17) is 4.74 Å². The van der Waals surface area contributed by atoms with Crippen molar-refractivity contribution >= 4 is 23.3 Å². The third kappa shape index (κ3) is 4.25. The van der Waals surface area contributed by atoms with Crippen LogP contribution in [0.5, 0.6) is 5.75 Å². The van der Waals surface area contributed by atoms with Crippen molar-refractivity contribution in [3.63, 3.8) is 0 Å². The summed E-state index contributed by atoms with van der Waals surface area (Å²) in [5.74, 6) is 0.338. The molecule has 4 rings (SSSR count). The van der Waals surface area contributed by atoms with Gasteiger partial charge < -0.3 is 15.0 Å². The molecule has 10 heteroatoms. The Morgan fingerprint density at radius 3 is 2.69 bits per heavy atom. The Bertz CT molecular complexity index is 1210. The molecule has 0 unspecified atom stereocenters. The number of rotatable bonds is 6. The zero-order chi connectivity index (χ0) is 22.8. The molecular formula is C22H24N6O4. The fourth-order valence-corrected chi connectivity index (χ4v) is 3.65. The van der Waals surface area contributed by atoms with Gasteiger partial charge in [-0.05, 0) is 37.6 Å². The first kappa shape index (κ1) is 21.3. The minimum Gasteiger partial charge on any atom is -0.497 e. The summed E-state index contributed by atoms with van der Waals surface area (Å²) in [6, 6.07) is 10.2. The Balaban J connectivity index is 1.53. The van der Waals surface area contributed by atoms with E-state index in [1.54, 1.807) is 49.3 Å². The van der Waals surface area contributed by atoms with Crippen molar-refractivity contribution in [2.75, 3.05) is 23.9 Å². The molecule has 2 aromatic heterocycles. The van der Waals surface area contributed by atoms with Crippen LogP contribution in [0.15, 0.2) is 41.2 Å². The molecule has 3 heterocycles. The third-order valence-electron chi connectivity index (χ3n) is 5.31. The van der Waals surface area contributed by atoms with E-state index in [0.717, 1.165) is 0 Å². The molecule has 0 saturated carbocycles. The van der Waals surface area contributed by atoms with Crippen molar-refractivity contribution in [2.45, 2.75) is 26.7 Å². The molecule has 3 aromatic rings. The number of amides is 2. The topological polar surface area (TPSA) is 122 Å². The number of methoxy groups -OCH3 is 1. The lowest BCUT2D eigenvalue weighted by Gasteiger charge is -2.17. The zero-order valence-electron chi connectivity index (χ0n) is 18.1. The van der Waals surface area contributed by atoms with Gasteiger partial charge in [0.2, 0.25) is 17.8 Å². The van der Waals surface area contributed by atoms with E-state index < -0.39 is 5.92 Å². The third-order valence-corrected chi connectivity index (χ3v) is 5.31. The molecule has 0 radical (unpaired) electrons. The molecule has 2 amide bonds. The summed E-state index contributed by atoms with van der Waals surface area (Å²) in [6.45, 7) is 3.94. The van der Waals surface area contributed by atoms with Crippen LogP contribution in [0.3, 0.4) is 0 Å². The van der Waals surface area contributed by atoms with Gasteiger partial charge in [0.15, 0.2) is 0 Å². The van der Waals surface area contributed by atoms with E-state index >= 15 is 0 Å². The van der Waals surface area contributed by atoms with Gasteiger partial charge in [0, 0.05) is 36.5 Å². The normalized spacial score (nSPS) is 15.8. The van der Waals surface area contributed by atoms with E-state index in [1.807, 2.05) is 6.92 Å². The molecule has 1 fully saturated rings. The van der Waals surface area contributed by atoms with Crippen LogP contribution in [-0.2, 0) is 16.0 Å². The van der Waals surface area contributed by atoms with Crippen LogP contribution in [0.2, 0.25) is 0 Å². The number of carbonyl (C=O) groups is 2. The highest BCUT2D eigenvalue weighted by Crippen LogP contribution is 2.28. The number of nitrogens with zero attached hydrogens (tertiary/aromatic N) is 4. The van der Waals surface area contributed by atoms with Crippen LogP contribution in [0.1, 0.15) is 24.7 Å². The molecule has 0 aliphatic carbocycles. The first-order chi connectivity index (χ1) is 15.4. The van der Waals surface area contributed by atoms with E-state index in [1.165, 1.54) is 10.7 Å². The van der Waals surface area contributed by atoms with Crippen LogP contribution in [-0.4, -0.2) is 45.2 Å². The second-order valence-corrected chi connectivity index (χ2v) is 7.59. The molecule has 0 spiro atoms. The summed E-state index contributed by atoms with van der Waals surface area (Å²) >= 11 is 0. The molecule has 32 heavy (non-hydrogen) atoms. The smallest absolute Gasteiger partial charge is 0.252 e. The lowest BCUT2D eigenvalue weighted by atomic mass is 10.1. The highest BCUT2D eigenvalue weighted by molar-refractivity contribution is 6.03. The maximum Gasteiger partial charge on any atom is 0.252 e. The number of aromatic nitrogens is 4. The average Bonchev–Trinajstić information content (AvgIpc) is 3.35. The molecule has 166 valence electrons. The Morgan fingerprint density at radius 2 is 2.00 bits per heavy atom. The van der Waals surface area contributed by atoms with Gasteiger partial charge in [-0.3, -0.25) is 19.4 Å². The molecule has 1 aliphatic rings. The van der Waals surface area contributed by atoms with Gasteiger partial charge in [0.25, 0.3) is 5.56 Å². The molecule has 1 aliphatic heterocycles. The lowest BCUT2D eigenvalue weighted by Crippen LogP contribution is -2.28. The first-order valence-electron chi connectivity index (χ1n) is 10.3. The fraction of sp³-hybridized carbons (Fsp3) is 0.318. The van der Waals surface area contributed by atoms with Gasteiger partial charge in [0.1, 0.15) is 11.6 Å². The maximum absolute atomic E-state index is 13.0. The van der Waals surface area contributed by atoms with E-state index in [-0.39, 0.29) is 36.3 Å². The van der Waals surface area contributed by atoms with Crippen molar-refractivity contribution in [3.8, 4) is 11.7 Å². The largest absolute Gasteiger partial charge is 0.497 e. The molecule has 1 aromatic carbocycles. The maximum atomic E-state index is 13.0. The summed E-state index contributed by atoms with van der Waals surface area (Å²) in [4.78, 5) is 46.1. The monoisotopic (exact) mass is 436 g/mol. The van der Waals surface area contributed by atoms with Crippen molar-refractivity contribution in [2.24, 2.45) is 5.92 Å². The molecule has 0 bridgehead atoms. The second kappa shape index (κ2) is 8.66. The van der Waals surface area contributed by atoms with Crippen molar-refractivity contribution in [1.29, 1.82) is 0 Å². The predicted molar refractivity (Wildman–Crippen MR) is 118 cm³/mol. The number of carbonyl (C=O) groups excluding carboxylic acids is 2. The Labute approximate surface area is 184 Å². The lowest BCUT2D eigenvalue weighted by molar-refractivity contribution is -0.122. The number of aryl methyl sites for hydroxylation is 2. The van der Waals surface area contributed by atoms with Gasteiger partial charge in [-0.25, -0.2) is 4.98 Å². The van der Waals surface area contributed by atoms with Gasteiger partial charge in [-0.1, -0.05) is 6.92 Å². The van der Waals surface area contributed by atoms with E-state index in [2.05, 4.69) is 20.4 Å². The van der Waals surface area contributed by atoms with Crippen LogP contribution < -0.4 is 20.5 Å². The van der Waals surface area contributed by atoms with Crippen molar-refractivity contribution in [3.05, 3.63) is 58.1 Å². The number of ether oxygens (including phenoxy) is 1. The number of aromatic amines is 1. The minimum absolute atomic E-state index is 0.103. The standard InChI is InChI=1S/C22H24N6O4/c1-4-15-11-19(29)25-22(23-15)28-18(9-13(2)26-28)24-21(31)14-10-20(30)27(12-14)16-5-7-17(32-3)8-6-16/h5-9,11,14H,4,10,12H2,1-3H3,(H,24,31)(H,23,25,29)/t14-/m1/s1. The summed E-state index contributed by atoms with van der Waals surface area (Å²) in [5, 5.41) is 7.19. The molecular weight excluding hydrogens is 412 g/mol. The number of benzene rings is 1. The second-order valence-electron chi connectivity index (χ2n) is 7.59. The number of hydrogen-bond donors (Lipinski definition) is 2. The molecule has 1 atom stereocenters. The molecule has 1 saturated heterocycles. The van der Waals surface area contributed by atoms with Crippen molar-refractivity contribution in [1.82, 2.24) is 19.7 Å². The molecule has 10 nitrogen and oxygen atoms in total. The Hall–Kier alpha value is -3.95. The number of anilines is 2. The highest BCUT2D eigenvalue weighted by Gasteiger charge is 2.35. The SMILES string of the molecule is CCc1cc(=O)[nH]c(-n2nc(C)cc2NC(=O)[C@@H]2CC(=O)N(c3ccc(OC)cc3)C2)n1. The Kier molecular flexibility index (Phi) is 5.76. The van der Waals surface area contributed by atoms with Crippen LogP contribution in [0.25, 0.3) is 5.95 Å². The number of hydrogen-bond acceptors (Lipinski definition) is 6. The van der Waals surface area contributed by atoms with Crippen LogP contribution in [0, 0.1) is 12.8 Å². The van der Waals surface area contributed by atoms with Crippen LogP contribution in [0.4, 0.5) is 11.5 Å². The van der Waals surface area contributed by atoms with Gasteiger partial charge >= 0.3 is 0 Å². The zero-order valence-corrected chi connectivity index (χ0v) is 18.1. The predicted octanol–water partition coefficient (Wildman–Crippen LogP) is 1.83. The summed E-state index contributed by atoms with van der Waals surface area (Å²) in [6.07, 6.45) is 0.690.